The van der Waals surface area contributed by atoms with Crippen LogP contribution in [0.25, 0.3) is 11.0 Å². The van der Waals surface area contributed by atoms with Crippen LogP contribution < -0.4 is 10.6 Å². The van der Waals surface area contributed by atoms with E-state index in [1.165, 1.54) is 5.56 Å². The number of aliphatic imine (C=N–C) groups is 1. The predicted molar refractivity (Wildman–Crippen MR) is 120 cm³/mol. The second-order valence-corrected chi connectivity index (χ2v) is 9.85. The van der Waals surface area contributed by atoms with E-state index in [-0.39, 0.29) is 17.5 Å². The number of aromatic nitrogens is 2. The summed E-state index contributed by atoms with van der Waals surface area (Å²) < 4.78 is 25.5. The van der Waals surface area contributed by atoms with Crippen molar-refractivity contribution in [3.05, 3.63) is 66.0 Å². The molecule has 1 aliphatic heterocycles. The Morgan fingerprint density at radius 2 is 1.93 bits per heavy atom. The Kier molecular flexibility index (Phi) is 6.03. The fourth-order valence-corrected chi connectivity index (χ4v) is 5.35. The van der Waals surface area contributed by atoms with Gasteiger partial charge >= 0.3 is 0 Å². The first-order valence-electron chi connectivity index (χ1n) is 10.3. The van der Waals surface area contributed by atoms with E-state index in [9.17, 15) is 8.42 Å². The van der Waals surface area contributed by atoms with Crippen molar-refractivity contribution in [1.82, 2.24) is 20.2 Å². The lowest BCUT2D eigenvalue weighted by atomic mass is 10.1. The lowest BCUT2D eigenvalue weighted by Gasteiger charge is -2.15. The maximum Gasteiger partial charge on any atom is 0.191 e. The van der Waals surface area contributed by atoms with Gasteiger partial charge in [-0.2, -0.15) is 0 Å². The molecule has 4 rings (SSSR count). The molecule has 0 spiro atoms. The number of para-hydroxylation sites is 2. The van der Waals surface area contributed by atoms with E-state index in [1.54, 1.807) is 0 Å². The topological polar surface area (TPSA) is 88.4 Å². The summed E-state index contributed by atoms with van der Waals surface area (Å²) in [6.07, 6.45) is 2.50. The second kappa shape index (κ2) is 8.87. The van der Waals surface area contributed by atoms with Crippen LogP contribution in [0.15, 0.2) is 59.9 Å². The molecule has 158 valence electrons. The zero-order chi connectivity index (χ0) is 21.0. The van der Waals surface area contributed by atoms with Crippen molar-refractivity contribution >= 4 is 26.8 Å². The Labute approximate surface area is 177 Å². The lowest BCUT2D eigenvalue weighted by Crippen LogP contribution is -2.44. The Balaban J connectivity index is 1.39. The molecule has 8 heteroatoms. The summed E-state index contributed by atoms with van der Waals surface area (Å²) in [5.74, 6) is 1.08. The van der Waals surface area contributed by atoms with Crippen molar-refractivity contribution in [2.75, 3.05) is 18.1 Å². The lowest BCUT2D eigenvalue weighted by molar-refractivity contribution is 0.599. The minimum absolute atomic E-state index is 0.0693. The number of imidazole rings is 1. The van der Waals surface area contributed by atoms with Gasteiger partial charge in [-0.05, 0) is 36.6 Å². The Hall–Kier alpha value is -2.87. The van der Waals surface area contributed by atoms with Gasteiger partial charge in [-0.25, -0.2) is 18.4 Å². The van der Waals surface area contributed by atoms with Crippen LogP contribution in [0, 0.1) is 0 Å². The molecule has 30 heavy (non-hydrogen) atoms. The Morgan fingerprint density at radius 1 is 1.17 bits per heavy atom. The maximum atomic E-state index is 11.7. The van der Waals surface area contributed by atoms with E-state index >= 15 is 0 Å². The minimum atomic E-state index is -2.92. The molecule has 0 bridgehead atoms. The Morgan fingerprint density at radius 3 is 2.67 bits per heavy atom. The normalized spacial score (nSPS) is 18.6. The van der Waals surface area contributed by atoms with Crippen molar-refractivity contribution < 1.29 is 8.42 Å². The molecule has 1 saturated heterocycles. The number of sulfone groups is 1. The number of benzene rings is 2. The third kappa shape index (κ3) is 4.99. The zero-order valence-electron chi connectivity index (χ0n) is 17.1. The molecule has 3 aromatic rings. The first kappa shape index (κ1) is 20.4. The highest BCUT2D eigenvalue weighted by Crippen LogP contribution is 2.15. The van der Waals surface area contributed by atoms with E-state index in [0.29, 0.717) is 18.9 Å². The van der Waals surface area contributed by atoms with Crippen LogP contribution >= 0.6 is 0 Å². The molecule has 1 atom stereocenters. The van der Waals surface area contributed by atoms with Gasteiger partial charge in [0.25, 0.3) is 0 Å². The first-order valence-corrected chi connectivity index (χ1v) is 12.1. The third-order valence-corrected chi connectivity index (χ3v) is 7.01. The molecule has 1 aromatic heterocycles. The van der Waals surface area contributed by atoms with Crippen molar-refractivity contribution in [2.24, 2.45) is 4.99 Å². The number of guanidine groups is 1. The van der Waals surface area contributed by atoms with Crippen LogP contribution in [-0.4, -0.2) is 48.0 Å². The molecule has 1 aliphatic rings. The maximum absolute atomic E-state index is 11.7. The average molecular weight is 426 g/mol. The predicted octanol–water partition coefficient (Wildman–Crippen LogP) is 2.33. The Bertz CT molecular complexity index is 1140. The van der Waals surface area contributed by atoms with Gasteiger partial charge in [0, 0.05) is 19.1 Å². The molecule has 0 aliphatic carbocycles. The smallest absolute Gasteiger partial charge is 0.191 e. The van der Waals surface area contributed by atoms with E-state index in [1.807, 2.05) is 31.5 Å². The molecular formula is C22H27N5O2S. The number of rotatable bonds is 6. The molecule has 0 amide bonds. The minimum Gasteiger partial charge on any atom is -0.357 e. The zero-order valence-corrected chi connectivity index (χ0v) is 17.9. The summed E-state index contributed by atoms with van der Waals surface area (Å²) in [4.78, 5) is 9.07. The van der Waals surface area contributed by atoms with Gasteiger partial charge in [0.15, 0.2) is 15.8 Å². The van der Waals surface area contributed by atoms with Crippen LogP contribution in [0.2, 0.25) is 0 Å². The van der Waals surface area contributed by atoms with E-state index in [0.717, 1.165) is 29.7 Å². The van der Waals surface area contributed by atoms with Crippen LogP contribution in [0.3, 0.4) is 0 Å². The van der Waals surface area contributed by atoms with Crippen molar-refractivity contribution in [2.45, 2.75) is 32.5 Å². The summed E-state index contributed by atoms with van der Waals surface area (Å²) in [5, 5.41) is 6.45. The molecule has 0 saturated carbocycles. The monoisotopic (exact) mass is 425 g/mol. The van der Waals surface area contributed by atoms with Crippen LogP contribution in [-0.2, 0) is 22.9 Å². The molecule has 7 nitrogen and oxygen atoms in total. The van der Waals surface area contributed by atoms with Gasteiger partial charge in [-0.1, -0.05) is 36.4 Å². The number of fused-ring (bicyclic) bond motifs is 1. The van der Waals surface area contributed by atoms with Crippen LogP contribution in [0.5, 0.6) is 0 Å². The standard InChI is InChI=1S/C22H27N5O2S/c1-2-23-22(26-19-11-12-30(28,29)15-19)24-13-17-7-9-18(10-8-17)14-27-16-25-20-5-3-4-6-21(20)27/h3-10,16,19H,2,11-15H2,1H3,(H2,23,24,26). The van der Waals surface area contributed by atoms with E-state index < -0.39 is 9.84 Å². The quantitative estimate of drug-likeness (QED) is 0.467. The SMILES string of the molecule is CCNC(=NCc1ccc(Cn2cnc3ccccc32)cc1)NC1CCS(=O)(=O)C1. The van der Waals surface area contributed by atoms with Crippen LogP contribution in [0.1, 0.15) is 24.5 Å². The largest absolute Gasteiger partial charge is 0.357 e. The first-order chi connectivity index (χ1) is 14.5. The number of hydrogen-bond donors (Lipinski definition) is 2. The molecule has 1 unspecified atom stereocenters. The van der Waals surface area contributed by atoms with Crippen molar-refractivity contribution in [3.8, 4) is 0 Å². The number of nitrogens with one attached hydrogen (secondary N) is 2. The summed E-state index contributed by atoms with van der Waals surface area (Å²) >= 11 is 0. The number of nitrogens with zero attached hydrogens (tertiary/aromatic N) is 3. The van der Waals surface area contributed by atoms with Crippen molar-refractivity contribution in [3.63, 3.8) is 0 Å². The van der Waals surface area contributed by atoms with Gasteiger partial charge in [-0.15, -0.1) is 0 Å². The third-order valence-electron chi connectivity index (χ3n) is 5.24. The van der Waals surface area contributed by atoms with Crippen LogP contribution in [0.4, 0.5) is 0 Å². The number of hydrogen-bond acceptors (Lipinski definition) is 4. The second-order valence-electron chi connectivity index (χ2n) is 7.62. The molecule has 2 aromatic carbocycles. The molecule has 2 N–H and O–H groups in total. The van der Waals surface area contributed by atoms with Gasteiger partial charge in [-0.3, -0.25) is 0 Å². The van der Waals surface area contributed by atoms with Gasteiger partial charge < -0.3 is 15.2 Å². The van der Waals surface area contributed by atoms with Crippen molar-refractivity contribution in [1.29, 1.82) is 0 Å². The fraction of sp³-hybridized carbons (Fsp3) is 0.364. The summed E-state index contributed by atoms with van der Waals surface area (Å²) in [6, 6.07) is 16.5. The molecule has 1 fully saturated rings. The van der Waals surface area contributed by atoms with Gasteiger partial charge in [0.05, 0.1) is 35.4 Å². The summed E-state index contributed by atoms with van der Waals surface area (Å²) in [6.45, 7) is 4.02. The fourth-order valence-electron chi connectivity index (χ4n) is 3.68. The van der Waals surface area contributed by atoms with Gasteiger partial charge in [0.1, 0.15) is 0 Å². The molecular weight excluding hydrogens is 398 g/mol. The molecule has 0 radical (unpaired) electrons. The highest BCUT2D eigenvalue weighted by atomic mass is 32.2. The molecule has 2 heterocycles. The van der Waals surface area contributed by atoms with E-state index in [4.69, 9.17) is 0 Å². The highest BCUT2D eigenvalue weighted by molar-refractivity contribution is 7.91. The summed E-state index contributed by atoms with van der Waals surface area (Å²) in [7, 11) is -2.92. The van der Waals surface area contributed by atoms with E-state index in [2.05, 4.69) is 55.5 Å². The average Bonchev–Trinajstić information content (AvgIpc) is 3.30. The summed E-state index contributed by atoms with van der Waals surface area (Å²) in [5.41, 5.74) is 4.43. The highest BCUT2D eigenvalue weighted by Gasteiger charge is 2.28. The van der Waals surface area contributed by atoms with Gasteiger partial charge in [0.2, 0.25) is 0 Å².